The zero-order valence-corrected chi connectivity index (χ0v) is 9.56. The number of benzene rings is 1. The molecule has 0 aliphatic heterocycles. The van der Waals surface area contributed by atoms with Gasteiger partial charge in [0.15, 0.2) is 0 Å². The molecule has 1 aromatic carbocycles. The highest BCUT2D eigenvalue weighted by molar-refractivity contribution is 5.80. The highest BCUT2D eigenvalue weighted by Crippen LogP contribution is 2.18. The van der Waals surface area contributed by atoms with Gasteiger partial charge in [-0.2, -0.15) is 0 Å². The van der Waals surface area contributed by atoms with Gasteiger partial charge in [-0.05, 0) is 30.5 Å². The second-order valence-corrected chi connectivity index (χ2v) is 3.58. The van der Waals surface area contributed by atoms with E-state index in [4.69, 9.17) is 9.84 Å². The maximum absolute atomic E-state index is 10.4. The summed E-state index contributed by atoms with van der Waals surface area (Å²) in [6, 6.07) is 7.77. The Balaban J connectivity index is 2.64. The predicted octanol–water partition coefficient (Wildman–Crippen LogP) is 2.66. The van der Waals surface area contributed by atoms with Crippen molar-refractivity contribution in [2.24, 2.45) is 0 Å². The number of carboxylic acids is 1. The monoisotopic (exact) mass is 220 g/mol. The quantitative estimate of drug-likeness (QED) is 0.776. The topological polar surface area (TPSA) is 46.5 Å². The number of para-hydroxylation sites is 1. The minimum Gasteiger partial charge on any atom is -0.489 e. The number of ether oxygens (including phenoxy) is 1. The lowest BCUT2D eigenvalue weighted by atomic mass is 10.1. The van der Waals surface area contributed by atoms with E-state index in [-0.39, 0.29) is 0 Å². The number of aliphatic carboxylic acids is 1. The van der Waals surface area contributed by atoms with Crippen LogP contribution in [-0.2, 0) is 11.2 Å². The van der Waals surface area contributed by atoms with Crippen LogP contribution in [-0.4, -0.2) is 17.7 Å². The second kappa shape index (κ2) is 5.95. The van der Waals surface area contributed by atoms with E-state index in [2.05, 4.69) is 6.92 Å². The number of hydrogen-bond donors (Lipinski definition) is 1. The molecule has 0 atom stereocenters. The van der Waals surface area contributed by atoms with E-state index in [1.807, 2.05) is 24.3 Å². The Morgan fingerprint density at radius 2 is 2.12 bits per heavy atom. The molecule has 0 saturated heterocycles. The van der Waals surface area contributed by atoms with E-state index < -0.39 is 5.97 Å². The summed E-state index contributed by atoms with van der Waals surface area (Å²) in [5, 5.41) is 8.55. The number of hydrogen-bond acceptors (Lipinski definition) is 2. The highest BCUT2D eigenvalue weighted by atomic mass is 16.5. The van der Waals surface area contributed by atoms with Crippen molar-refractivity contribution in [3.8, 4) is 5.75 Å². The van der Waals surface area contributed by atoms with E-state index in [0.29, 0.717) is 12.2 Å². The molecule has 0 amide bonds. The molecule has 0 fully saturated rings. The lowest BCUT2D eigenvalue weighted by Gasteiger charge is -2.09. The van der Waals surface area contributed by atoms with Gasteiger partial charge in [-0.15, -0.1) is 0 Å². The number of carboxylic acid groups (broad SMARTS) is 1. The van der Waals surface area contributed by atoms with Crippen molar-refractivity contribution in [3.05, 3.63) is 41.5 Å². The van der Waals surface area contributed by atoms with Gasteiger partial charge in [-0.25, -0.2) is 4.79 Å². The third-order valence-electron chi connectivity index (χ3n) is 2.18. The van der Waals surface area contributed by atoms with Crippen molar-refractivity contribution in [2.45, 2.75) is 20.3 Å². The normalized spacial score (nSPS) is 11.2. The van der Waals surface area contributed by atoms with E-state index in [0.717, 1.165) is 23.8 Å². The fraction of sp³-hybridized carbons (Fsp3) is 0.308. The first kappa shape index (κ1) is 12.3. The molecule has 0 saturated carbocycles. The number of rotatable bonds is 5. The minimum atomic E-state index is -0.940. The largest absolute Gasteiger partial charge is 0.489 e. The zero-order valence-electron chi connectivity index (χ0n) is 9.56. The molecule has 16 heavy (non-hydrogen) atoms. The molecule has 0 bridgehead atoms. The molecule has 3 nitrogen and oxygen atoms in total. The Hall–Kier alpha value is -1.77. The van der Waals surface area contributed by atoms with Gasteiger partial charge in [0.05, 0.1) is 0 Å². The lowest BCUT2D eigenvalue weighted by Crippen LogP contribution is -2.03. The van der Waals surface area contributed by atoms with Crippen molar-refractivity contribution in [2.75, 3.05) is 6.61 Å². The summed E-state index contributed by atoms with van der Waals surface area (Å²) in [6.45, 7) is 4.11. The summed E-state index contributed by atoms with van der Waals surface area (Å²) >= 11 is 0. The molecule has 0 radical (unpaired) electrons. The van der Waals surface area contributed by atoms with Gasteiger partial charge in [0.1, 0.15) is 12.4 Å². The molecule has 0 aromatic heterocycles. The van der Waals surface area contributed by atoms with Crippen molar-refractivity contribution in [1.29, 1.82) is 0 Å². The first-order valence-corrected chi connectivity index (χ1v) is 5.24. The second-order valence-electron chi connectivity index (χ2n) is 3.58. The van der Waals surface area contributed by atoms with E-state index in [9.17, 15) is 4.79 Å². The smallest absolute Gasteiger partial charge is 0.328 e. The molecule has 0 aliphatic rings. The van der Waals surface area contributed by atoms with Crippen LogP contribution in [0.3, 0.4) is 0 Å². The van der Waals surface area contributed by atoms with Crippen LogP contribution >= 0.6 is 0 Å². The van der Waals surface area contributed by atoms with Crippen LogP contribution in [0.2, 0.25) is 0 Å². The average Bonchev–Trinajstić information content (AvgIpc) is 2.26. The van der Waals surface area contributed by atoms with Gasteiger partial charge in [0.2, 0.25) is 0 Å². The van der Waals surface area contributed by atoms with Gasteiger partial charge in [0.25, 0.3) is 0 Å². The molecular formula is C13H16O3. The Labute approximate surface area is 95.4 Å². The van der Waals surface area contributed by atoms with Crippen LogP contribution in [0.5, 0.6) is 5.75 Å². The molecule has 0 heterocycles. The van der Waals surface area contributed by atoms with Gasteiger partial charge >= 0.3 is 5.97 Å². The SMILES string of the molecule is CCc1ccccc1OC/C(C)=C/C(=O)O. The molecule has 0 unspecified atom stereocenters. The molecule has 0 spiro atoms. The van der Waals surface area contributed by atoms with Crippen LogP contribution < -0.4 is 4.74 Å². The maximum Gasteiger partial charge on any atom is 0.328 e. The molecule has 3 heteroatoms. The predicted molar refractivity (Wildman–Crippen MR) is 62.7 cm³/mol. The van der Waals surface area contributed by atoms with Gasteiger partial charge in [0, 0.05) is 6.08 Å². The fourth-order valence-electron chi connectivity index (χ4n) is 1.38. The molecule has 1 N–H and O–H groups in total. The molecule has 86 valence electrons. The third-order valence-corrected chi connectivity index (χ3v) is 2.18. The van der Waals surface area contributed by atoms with Crippen LogP contribution in [0.1, 0.15) is 19.4 Å². The molecule has 1 rings (SSSR count). The maximum atomic E-state index is 10.4. The highest BCUT2D eigenvalue weighted by Gasteiger charge is 2.01. The summed E-state index contributed by atoms with van der Waals surface area (Å²) in [5.74, 6) is -0.118. The standard InChI is InChI=1S/C13H16O3/c1-3-11-6-4-5-7-12(11)16-9-10(2)8-13(14)15/h4-8H,3,9H2,1-2H3,(H,14,15)/b10-8+. The Bertz CT molecular complexity index is 394. The van der Waals surface area contributed by atoms with E-state index >= 15 is 0 Å². The summed E-state index contributed by atoms with van der Waals surface area (Å²) < 4.78 is 5.56. The number of aryl methyl sites for hydroxylation is 1. The lowest BCUT2D eigenvalue weighted by molar-refractivity contribution is -0.131. The van der Waals surface area contributed by atoms with Gasteiger partial charge in [-0.3, -0.25) is 0 Å². The number of carbonyl (C=O) groups is 1. The first-order chi connectivity index (χ1) is 7.63. The fourth-order valence-corrected chi connectivity index (χ4v) is 1.38. The summed E-state index contributed by atoms with van der Waals surface area (Å²) in [4.78, 5) is 10.4. The molecule has 1 aromatic rings. The molecular weight excluding hydrogens is 204 g/mol. The Morgan fingerprint density at radius 1 is 1.44 bits per heavy atom. The van der Waals surface area contributed by atoms with Crippen molar-refractivity contribution in [1.82, 2.24) is 0 Å². The van der Waals surface area contributed by atoms with Crippen LogP contribution in [0.4, 0.5) is 0 Å². The van der Waals surface area contributed by atoms with Crippen molar-refractivity contribution >= 4 is 5.97 Å². The van der Waals surface area contributed by atoms with E-state index in [1.165, 1.54) is 0 Å². The van der Waals surface area contributed by atoms with Crippen LogP contribution in [0.15, 0.2) is 35.9 Å². The van der Waals surface area contributed by atoms with Gasteiger partial charge < -0.3 is 9.84 Å². The zero-order chi connectivity index (χ0) is 12.0. The van der Waals surface area contributed by atoms with Crippen molar-refractivity contribution < 1.29 is 14.6 Å². The third kappa shape index (κ3) is 3.77. The Kier molecular flexibility index (Phi) is 4.58. The van der Waals surface area contributed by atoms with E-state index in [1.54, 1.807) is 6.92 Å². The Morgan fingerprint density at radius 3 is 2.75 bits per heavy atom. The summed E-state index contributed by atoms with van der Waals surface area (Å²) in [7, 11) is 0. The summed E-state index contributed by atoms with van der Waals surface area (Å²) in [5.41, 5.74) is 1.82. The van der Waals surface area contributed by atoms with Crippen LogP contribution in [0, 0.1) is 0 Å². The minimum absolute atomic E-state index is 0.309. The summed E-state index contributed by atoms with van der Waals surface area (Å²) in [6.07, 6.45) is 2.06. The first-order valence-electron chi connectivity index (χ1n) is 5.24. The van der Waals surface area contributed by atoms with Crippen molar-refractivity contribution in [3.63, 3.8) is 0 Å². The van der Waals surface area contributed by atoms with Crippen LogP contribution in [0.25, 0.3) is 0 Å². The molecule has 0 aliphatic carbocycles. The van der Waals surface area contributed by atoms with Gasteiger partial charge in [-0.1, -0.05) is 25.1 Å². The average molecular weight is 220 g/mol.